The van der Waals surface area contributed by atoms with E-state index in [1.54, 1.807) is 11.8 Å². The van der Waals surface area contributed by atoms with Gasteiger partial charge in [0, 0.05) is 22.3 Å². The van der Waals surface area contributed by atoms with E-state index in [4.69, 9.17) is 5.10 Å². The van der Waals surface area contributed by atoms with Crippen molar-refractivity contribution in [1.82, 2.24) is 19.8 Å². The van der Waals surface area contributed by atoms with Crippen LogP contribution in [0.5, 0.6) is 0 Å². The SMILES string of the molecule is c1ccc(Sc2ccccc2CNc2ccc3nnc(C4CC4)n3n2)cc1. The van der Waals surface area contributed by atoms with E-state index < -0.39 is 0 Å². The Bertz CT molecular complexity index is 1070. The average molecular weight is 373 g/mol. The van der Waals surface area contributed by atoms with Gasteiger partial charge in [0.15, 0.2) is 11.5 Å². The molecule has 0 bridgehead atoms. The summed E-state index contributed by atoms with van der Waals surface area (Å²) in [7, 11) is 0. The highest BCUT2D eigenvalue weighted by atomic mass is 32.2. The van der Waals surface area contributed by atoms with E-state index >= 15 is 0 Å². The third-order valence-corrected chi connectivity index (χ3v) is 5.76. The van der Waals surface area contributed by atoms with Crippen molar-refractivity contribution in [3.8, 4) is 0 Å². The fraction of sp³-hybridized carbons (Fsp3) is 0.190. The van der Waals surface area contributed by atoms with Gasteiger partial charge in [-0.25, -0.2) is 0 Å². The highest BCUT2D eigenvalue weighted by Gasteiger charge is 2.29. The molecule has 27 heavy (non-hydrogen) atoms. The van der Waals surface area contributed by atoms with E-state index in [9.17, 15) is 0 Å². The molecule has 1 N–H and O–H groups in total. The Labute approximate surface area is 161 Å². The first-order valence-electron chi connectivity index (χ1n) is 9.14. The van der Waals surface area contributed by atoms with Gasteiger partial charge in [-0.1, -0.05) is 48.2 Å². The van der Waals surface area contributed by atoms with Gasteiger partial charge in [-0.05, 0) is 48.7 Å². The molecule has 0 saturated heterocycles. The molecule has 1 aliphatic carbocycles. The minimum absolute atomic E-state index is 0.519. The van der Waals surface area contributed by atoms with Crippen LogP contribution in [0.4, 0.5) is 5.82 Å². The monoisotopic (exact) mass is 373 g/mol. The normalized spacial score (nSPS) is 13.8. The number of rotatable bonds is 6. The number of nitrogens with zero attached hydrogens (tertiary/aromatic N) is 4. The van der Waals surface area contributed by atoms with Gasteiger partial charge in [-0.3, -0.25) is 0 Å². The van der Waals surface area contributed by atoms with Gasteiger partial charge in [0.25, 0.3) is 0 Å². The second kappa shape index (κ2) is 7.04. The first kappa shape index (κ1) is 16.3. The molecule has 2 aromatic heterocycles. The molecule has 0 radical (unpaired) electrons. The Morgan fingerprint density at radius 1 is 0.926 bits per heavy atom. The van der Waals surface area contributed by atoms with Crippen molar-refractivity contribution in [3.05, 3.63) is 78.1 Å². The minimum Gasteiger partial charge on any atom is -0.365 e. The van der Waals surface area contributed by atoms with Gasteiger partial charge in [0.2, 0.25) is 0 Å². The number of benzene rings is 2. The third-order valence-electron chi connectivity index (χ3n) is 4.63. The summed E-state index contributed by atoms with van der Waals surface area (Å²) in [5.74, 6) is 2.34. The standard InChI is InChI=1S/C21H19N5S/c1-2-7-17(8-3-1)27-18-9-5-4-6-16(18)14-22-19-12-13-20-23-24-21(15-10-11-15)26(20)25-19/h1-9,12-13,15H,10-11,14H2,(H,22,25). The van der Waals surface area contributed by atoms with Crippen LogP contribution in [0.15, 0.2) is 76.5 Å². The number of fused-ring (bicyclic) bond motifs is 1. The Morgan fingerprint density at radius 3 is 2.59 bits per heavy atom. The van der Waals surface area contributed by atoms with Crippen molar-refractivity contribution >= 4 is 23.2 Å². The van der Waals surface area contributed by atoms with Gasteiger partial charge in [0.05, 0.1) is 0 Å². The average Bonchev–Trinajstić information content (AvgIpc) is 3.47. The zero-order valence-electron chi connectivity index (χ0n) is 14.7. The lowest BCUT2D eigenvalue weighted by atomic mass is 10.2. The molecule has 5 nitrogen and oxygen atoms in total. The number of nitrogens with one attached hydrogen (secondary N) is 1. The van der Waals surface area contributed by atoms with Crippen LogP contribution in [0.2, 0.25) is 0 Å². The molecule has 134 valence electrons. The Balaban J connectivity index is 1.35. The summed E-state index contributed by atoms with van der Waals surface area (Å²) in [6.07, 6.45) is 2.37. The largest absolute Gasteiger partial charge is 0.365 e. The molecular formula is C21H19N5S. The highest BCUT2D eigenvalue weighted by molar-refractivity contribution is 7.99. The van der Waals surface area contributed by atoms with E-state index in [1.807, 2.05) is 22.7 Å². The van der Waals surface area contributed by atoms with E-state index in [0.29, 0.717) is 5.92 Å². The number of hydrogen-bond acceptors (Lipinski definition) is 5. The topological polar surface area (TPSA) is 55.1 Å². The van der Waals surface area contributed by atoms with Gasteiger partial charge in [-0.2, -0.15) is 4.52 Å². The molecular weight excluding hydrogens is 354 g/mol. The fourth-order valence-corrected chi connectivity index (χ4v) is 4.01. The Hall–Kier alpha value is -2.86. The molecule has 2 aromatic carbocycles. The summed E-state index contributed by atoms with van der Waals surface area (Å²) < 4.78 is 1.88. The zero-order chi connectivity index (χ0) is 18.1. The molecule has 0 atom stereocenters. The maximum absolute atomic E-state index is 4.70. The molecule has 1 saturated carbocycles. The minimum atomic E-state index is 0.519. The first-order valence-corrected chi connectivity index (χ1v) is 9.95. The summed E-state index contributed by atoms with van der Waals surface area (Å²) >= 11 is 1.78. The van der Waals surface area contributed by atoms with Crippen LogP contribution in [0.3, 0.4) is 0 Å². The smallest absolute Gasteiger partial charge is 0.178 e. The third kappa shape index (κ3) is 3.53. The molecule has 5 rings (SSSR count). The Morgan fingerprint density at radius 2 is 1.74 bits per heavy atom. The number of aromatic nitrogens is 4. The van der Waals surface area contributed by atoms with Crippen LogP contribution in [-0.4, -0.2) is 19.8 Å². The molecule has 0 spiro atoms. The zero-order valence-corrected chi connectivity index (χ0v) is 15.6. The maximum Gasteiger partial charge on any atom is 0.178 e. The van der Waals surface area contributed by atoms with E-state index in [-0.39, 0.29) is 0 Å². The number of hydrogen-bond donors (Lipinski definition) is 1. The lowest BCUT2D eigenvalue weighted by Gasteiger charge is -2.11. The summed E-state index contributed by atoms with van der Waals surface area (Å²) in [5.41, 5.74) is 2.06. The van der Waals surface area contributed by atoms with Gasteiger partial charge in [0.1, 0.15) is 5.82 Å². The van der Waals surface area contributed by atoms with Crippen LogP contribution >= 0.6 is 11.8 Å². The molecule has 0 amide bonds. The fourth-order valence-electron chi connectivity index (χ4n) is 3.05. The lowest BCUT2D eigenvalue weighted by molar-refractivity contribution is 0.813. The van der Waals surface area contributed by atoms with Crippen LogP contribution < -0.4 is 5.32 Å². The summed E-state index contributed by atoms with van der Waals surface area (Å²) in [6, 6.07) is 22.9. The maximum atomic E-state index is 4.70. The second-order valence-electron chi connectivity index (χ2n) is 6.70. The van der Waals surface area contributed by atoms with Crippen LogP contribution in [0.1, 0.15) is 30.1 Å². The molecule has 2 heterocycles. The van der Waals surface area contributed by atoms with E-state index in [2.05, 4.69) is 64.0 Å². The molecule has 6 heteroatoms. The summed E-state index contributed by atoms with van der Waals surface area (Å²) in [5, 5.41) is 16.7. The summed E-state index contributed by atoms with van der Waals surface area (Å²) in [4.78, 5) is 2.49. The first-order chi connectivity index (χ1) is 13.4. The van der Waals surface area contributed by atoms with Crippen molar-refractivity contribution in [3.63, 3.8) is 0 Å². The van der Waals surface area contributed by atoms with Crippen molar-refractivity contribution in [2.45, 2.75) is 35.1 Å². The second-order valence-corrected chi connectivity index (χ2v) is 7.81. The summed E-state index contributed by atoms with van der Waals surface area (Å²) in [6.45, 7) is 0.718. The van der Waals surface area contributed by atoms with E-state index in [1.165, 1.54) is 28.2 Å². The molecule has 1 aliphatic rings. The van der Waals surface area contributed by atoms with Crippen LogP contribution in [-0.2, 0) is 6.54 Å². The van der Waals surface area contributed by atoms with Crippen molar-refractivity contribution in [1.29, 1.82) is 0 Å². The highest BCUT2D eigenvalue weighted by Crippen LogP contribution is 2.38. The van der Waals surface area contributed by atoms with Crippen LogP contribution in [0.25, 0.3) is 5.65 Å². The van der Waals surface area contributed by atoms with Gasteiger partial charge >= 0.3 is 0 Å². The number of anilines is 1. The molecule has 1 fully saturated rings. The molecule has 0 unspecified atom stereocenters. The Kier molecular flexibility index (Phi) is 4.26. The van der Waals surface area contributed by atoms with Crippen molar-refractivity contribution in [2.75, 3.05) is 5.32 Å². The van der Waals surface area contributed by atoms with Crippen LogP contribution in [0, 0.1) is 0 Å². The predicted molar refractivity (Wildman–Crippen MR) is 107 cm³/mol. The quantitative estimate of drug-likeness (QED) is 0.528. The molecule has 0 aliphatic heterocycles. The lowest BCUT2D eigenvalue weighted by Crippen LogP contribution is -2.06. The van der Waals surface area contributed by atoms with Gasteiger partial charge < -0.3 is 5.32 Å². The predicted octanol–water partition coefficient (Wildman–Crippen LogP) is 4.77. The van der Waals surface area contributed by atoms with Crippen molar-refractivity contribution < 1.29 is 0 Å². The molecule has 4 aromatic rings. The van der Waals surface area contributed by atoms with Crippen molar-refractivity contribution in [2.24, 2.45) is 0 Å². The van der Waals surface area contributed by atoms with E-state index in [0.717, 1.165) is 23.8 Å². The van der Waals surface area contributed by atoms with Gasteiger partial charge in [-0.15, -0.1) is 15.3 Å².